The highest BCUT2D eigenvalue weighted by Crippen LogP contribution is 2.66. The highest BCUT2D eigenvalue weighted by Gasteiger charge is 2.64. The Hall–Kier alpha value is -1.57. The number of nitrogens with zero attached hydrogens (tertiary/aromatic N) is 1. The maximum Gasteiger partial charge on any atom is 0.854 e. The second-order valence-electron chi connectivity index (χ2n) is 16.1. The predicted octanol–water partition coefficient (Wildman–Crippen LogP) is 3.11. The summed E-state index contributed by atoms with van der Waals surface area (Å²) in [6, 6.07) is -0.811. The summed E-state index contributed by atoms with van der Waals surface area (Å²) >= 11 is 0. The summed E-state index contributed by atoms with van der Waals surface area (Å²) in [5.41, 5.74) is 2.86. The molecule has 30 heteroatoms. The Morgan fingerprint density at radius 2 is 1.59 bits per heavy atom. The second-order valence-corrected chi connectivity index (χ2v) is 23.5. The topological polar surface area (TPSA) is 272 Å². The summed E-state index contributed by atoms with van der Waals surface area (Å²) in [5.74, 6) is -0.272. The first kappa shape index (κ1) is 57.0. The van der Waals surface area contributed by atoms with Gasteiger partial charge in [-0.05, 0) is 52.5 Å². The number of fused-ring (bicyclic) bond motifs is 2. The van der Waals surface area contributed by atoms with Gasteiger partial charge in [-0.1, -0.05) is 21.6 Å². The van der Waals surface area contributed by atoms with E-state index in [0.29, 0.717) is 68.9 Å². The van der Waals surface area contributed by atoms with Crippen molar-refractivity contribution in [2.24, 2.45) is 0 Å². The fourth-order valence-corrected chi connectivity index (χ4v) is 12.3. The number of hydrogen-bond acceptors (Lipinski definition) is 15. The number of quaternary nitrogens is 1. The first-order chi connectivity index (χ1) is 30.9. The summed E-state index contributed by atoms with van der Waals surface area (Å²) < 4.78 is 106. The molecule has 2 amide bonds. The van der Waals surface area contributed by atoms with Crippen LogP contribution in [0, 0.1) is 0 Å². The second kappa shape index (κ2) is 26.0. The zero-order valence-electron chi connectivity index (χ0n) is 37.2. The molecule has 0 saturated carbocycles. The van der Waals surface area contributed by atoms with Crippen LogP contribution >= 0.6 is 45.1 Å². The predicted molar refractivity (Wildman–Crippen MR) is 242 cm³/mol. The highest BCUT2D eigenvalue weighted by atomic mass is 33.1. The molecule has 0 spiro atoms. The first-order valence-electron chi connectivity index (χ1n) is 21.1. The van der Waals surface area contributed by atoms with E-state index in [1.165, 1.54) is 21.6 Å². The minimum Gasteiger partial charge on any atom is -0.381 e. The van der Waals surface area contributed by atoms with Crippen LogP contribution in [0.4, 0.5) is 8.63 Å². The van der Waals surface area contributed by atoms with Crippen molar-refractivity contribution in [3.63, 3.8) is 0 Å². The molecule has 4 heterocycles. The van der Waals surface area contributed by atoms with Crippen molar-refractivity contribution in [3.05, 3.63) is 47.0 Å². The number of carbonyl (C=O) groups excluding carboxylic acids is 2. The quantitative estimate of drug-likeness (QED) is 0.0168. The van der Waals surface area contributed by atoms with Crippen molar-refractivity contribution in [1.29, 1.82) is 0 Å². The molecule has 4 rings (SSSR count). The largest absolute Gasteiger partial charge is 0.854 e. The molecule has 1 fully saturated rings. The van der Waals surface area contributed by atoms with Gasteiger partial charge in [0.05, 0.1) is 50.9 Å². The van der Waals surface area contributed by atoms with Gasteiger partial charge in [-0.15, -0.1) is 0 Å². The number of phosphoric acid groups is 3. The zero-order chi connectivity index (χ0) is 48.8. The number of phosphoric ester groups is 1. The molecule has 21 nitrogen and oxygen atoms in total. The summed E-state index contributed by atoms with van der Waals surface area (Å²) in [5, 5.41) is 5.67. The molecule has 4 aliphatic rings. The lowest BCUT2D eigenvalue weighted by molar-refractivity contribution is -0.770. The molecule has 0 bridgehead atoms. The number of nitrogens with one attached hydrogen (secondary N) is 3. The minimum absolute atomic E-state index is 0.0259. The van der Waals surface area contributed by atoms with Crippen LogP contribution in [0.5, 0.6) is 0 Å². The van der Waals surface area contributed by atoms with E-state index in [1.807, 2.05) is 20.8 Å². The molecular weight excluding hydrogens is 977 g/mol. The molecule has 0 aromatic carbocycles. The molecule has 0 aliphatic carbocycles. The monoisotopic (exact) mass is 1040 g/mol. The molecule has 0 aromatic heterocycles. The number of ether oxygens (including phenoxy) is 5. The third kappa shape index (κ3) is 19.3. The Bertz CT molecular complexity index is 2010. The first-order valence-corrected chi connectivity index (χ1v) is 27.9. The van der Waals surface area contributed by atoms with Crippen LogP contribution in [0.25, 0.3) is 0 Å². The number of amides is 2. The van der Waals surface area contributed by atoms with E-state index >= 15 is 8.63 Å². The maximum atomic E-state index is 15.6. The van der Waals surface area contributed by atoms with Crippen molar-refractivity contribution in [1.82, 2.24) is 10.6 Å². The number of unbranched alkanes of at least 4 members (excludes halogenated alkanes) is 2. The van der Waals surface area contributed by atoms with Crippen LogP contribution in [-0.4, -0.2) is 145 Å². The number of carbonyl (C=O) groups is 2. The van der Waals surface area contributed by atoms with E-state index < -0.39 is 60.0 Å². The Morgan fingerprint density at radius 1 is 0.924 bits per heavy atom. The van der Waals surface area contributed by atoms with Crippen molar-refractivity contribution in [2.75, 3.05) is 65.3 Å². The fraction of sp³-hybridized carbons (Fsp3) is 0.694. The molecule has 372 valence electrons. The van der Waals surface area contributed by atoms with E-state index in [9.17, 15) is 33.1 Å². The number of hydrogen-bond donors (Lipinski definition) is 7. The van der Waals surface area contributed by atoms with Gasteiger partial charge in [0.15, 0.2) is 5.70 Å². The van der Waals surface area contributed by atoms with Crippen molar-refractivity contribution in [2.45, 2.75) is 95.6 Å². The van der Waals surface area contributed by atoms with E-state index in [2.05, 4.69) is 23.8 Å². The average molecular weight is 1040 g/mol. The van der Waals surface area contributed by atoms with Crippen molar-refractivity contribution in [3.8, 4) is 0 Å². The number of rotatable bonds is 32. The Balaban J connectivity index is 0.925. The van der Waals surface area contributed by atoms with Gasteiger partial charge < -0.3 is 67.3 Å². The van der Waals surface area contributed by atoms with Crippen molar-refractivity contribution >= 4 is 77.4 Å². The van der Waals surface area contributed by atoms with Gasteiger partial charge in [0.1, 0.15) is 31.3 Å². The molecule has 4 aliphatic heterocycles. The van der Waals surface area contributed by atoms with Gasteiger partial charge in [-0.25, -0.2) is 13.7 Å². The number of halogens is 2. The lowest BCUT2D eigenvalue weighted by Gasteiger charge is -2.33. The SMILES string of the molecule is [B][C@H]1CC(OCSSC(C)(C)CNC(=O)CCOCCCCCOCCOCCNC(=O)CCC2=CC=C3C=C4C(C)=CC(C)=[N+]4[B-](F)(F)[NH+]32)[C@@H](COP(=O)(O)OP(=O)(O)OP(=O)(O)O)O1. The Kier molecular flexibility index (Phi) is 22.5. The standard InChI is InChI=1S/C36H59B2F2N4O17P3S2/c1-26-20-27(2)43-30(26)21-29-9-8-28(44(29)38(43,39)40)10-11-34(45)41-13-17-56-19-18-55-15-7-5-6-14-54-16-12-35(46)42-24-36(3,4)66-65-25-57-31-22-33(37)59-32(31)23-58-63(50,51)61-64(52,53)60-62(47,48)49/h8-9,20-21,31-33,44H,5-7,10-19,22-25H2,1-4H3,(H5-,41,42,45,46,47,48,49,50,51,52,53)/p+1/t31?,32-,33-/m1/s1. The van der Waals surface area contributed by atoms with E-state index in [-0.39, 0.29) is 54.9 Å². The molecule has 6 atom stereocenters. The van der Waals surface area contributed by atoms with Crippen LogP contribution in [-0.2, 0) is 60.1 Å². The van der Waals surface area contributed by atoms with Gasteiger partial charge in [0.2, 0.25) is 11.8 Å². The fourth-order valence-electron chi connectivity index (χ4n) is 7.09. The van der Waals surface area contributed by atoms with E-state index in [1.54, 1.807) is 31.2 Å². The number of allylic oxidation sites excluding steroid dienone is 6. The molecule has 7 N–H and O–H groups in total. The van der Waals surface area contributed by atoms with E-state index in [0.717, 1.165) is 29.3 Å². The van der Waals surface area contributed by atoms with Crippen molar-refractivity contribution < 1.29 is 97.6 Å². The van der Waals surface area contributed by atoms with Gasteiger partial charge in [-0.3, -0.25) is 18.6 Å². The molecular formula is C36H60B2F2N4O17P3S2+. The van der Waals surface area contributed by atoms with E-state index in [4.69, 9.17) is 41.3 Å². The van der Waals surface area contributed by atoms with Crippen LogP contribution < -0.4 is 15.4 Å². The molecule has 0 aromatic rings. The van der Waals surface area contributed by atoms with Gasteiger partial charge in [0.25, 0.3) is 0 Å². The van der Waals surface area contributed by atoms with Gasteiger partial charge in [-0.2, -0.15) is 8.62 Å². The minimum atomic E-state index is -5.66. The summed E-state index contributed by atoms with van der Waals surface area (Å²) in [6.45, 7) is 5.76. The molecule has 2 radical (unpaired) electrons. The Morgan fingerprint density at radius 3 is 2.29 bits per heavy atom. The summed E-state index contributed by atoms with van der Waals surface area (Å²) in [4.78, 5) is 61.1. The van der Waals surface area contributed by atoms with Gasteiger partial charge in [0, 0.05) is 81.0 Å². The average Bonchev–Trinajstić information content (AvgIpc) is 3.88. The van der Waals surface area contributed by atoms with Crippen LogP contribution in [0.2, 0.25) is 0 Å². The summed E-state index contributed by atoms with van der Waals surface area (Å²) in [7, 11) is -7.96. The Labute approximate surface area is 392 Å². The van der Waals surface area contributed by atoms with Gasteiger partial charge >= 0.3 is 30.4 Å². The third-order valence-electron chi connectivity index (χ3n) is 10.0. The molecule has 66 heavy (non-hydrogen) atoms. The third-order valence-corrected chi connectivity index (χ3v) is 16.8. The molecule has 4 unspecified atom stereocenters. The molecule has 1 saturated heterocycles. The van der Waals surface area contributed by atoms with Crippen LogP contribution in [0.3, 0.4) is 0 Å². The maximum absolute atomic E-state index is 15.6. The lowest BCUT2D eigenvalue weighted by atomic mass is 9.86. The summed E-state index contributed by atoms with van der Waals surface area (Å²) in [6.07, 6.45) is 8.47. The lowest BCUT2D eigenvalue weighted by Crippen LogP contribution is -3.19. The highest BCUT2D eigenvalue weighted by molar-refractivity contribution is 8.77. The zero-order valence-corrected chi connectivity index (χ0v) is 41.5. The van der Waals surface area contributed by atoms with Crippen LogP contribution in [0.1, 0.15) is 72.6 Å². The van der Waals surface area contributed by atoms with Crippen LogP contribution in [0.15, 0.2) is 47.0 Å². The normalized spacial score (nSPS) is 23.3. The smallest absolute Gasteiger partial charge is 0.381 e.